The minimum Gasteiger partial charge on any atom is -0.493 e. The molecule has 1 atom stereocenters. The van der Waals surface area contributed by atoms with Crippen LogP contribution < -0.4 is 4.74 Å². The molecule has 6 heteroatoms. The Bertz CT molecular complexity index is 1090. The summed E-state index contributed by atoms with van der Waals surface area (Å²) in [5, 5.41) is 0. The minimum atomic E-state index is -0.277. The number of carbonyl (C=O) groups excluding carboxylic acids is 1. The number of carbonyl (C=O) groups is 1. The topological polar surface area (TPSA) is 61.6 Å². The van der Waals surface area contributed by atoms with Gasteiger partial charge >= 0.3 is 5.97 Å². The Morgan fingerprint density at radius 3 is 2.83 bits per heavy atom. The average Bonchev–Trinajstić information content (AvgIpc) is 3.27. The van der Waals surface area contributed by atoms with Crippen LogP contribution in [0.25, 0.3) is 11.5 Å². The monoisotopic (exact) mass is 409 g/mol. The number of hydrogen-bond donors (Lipinski definition) is 0. The Morgan fingerprint density at radius 2 is 2.07 bits per heavy atom. The third-order valence-electron chi connectivity index (χ3n) is 5.36. The van der Waals surface area contributed by atoms with Crippen molar-refractivity contribution in [1.82, 2.24) is 4.98 Å². The standard InChI is InChI=1S/C24H24FNO4/c1-14-4-5-18(13-21(14)25)24-26-22(15(2)29-24)10-11-28-19-7-8-20-17(12-19)6-9-23(20)30-16(3)27/h4-5,7-8,12-13,23H,6,9-11H2,1-3H3. The van der Waals surface area contributed by atoms with E-state index >= 15 is 0 Å². The van der Waals surface area contributed by atoms with Crippen LogP contribution >= 0.6 is 0 Å². The van der Waals surface area contributed by atoms with E-state index in [2.05, 4.69) is 4.98 Å². The maximum Gasteiger partial charge on any atom is 0.303 e. The van der Waals surface area contributed by atoms with Crippen molar-refractivity contribution in [3.8, 4) is 17.2 Å². The molecular weight excluding hydrogens is 385 g/mol. The van der Waals surface area contributed by atoms with Crippen molar-refractivity contribution in [2.75, 3.05) is 6.61 Å². The lowest BCUT2D eigenvalue weighted by atomic mass is 10.1. The molecular formula is C24H24FNO4. The van der Waals surface area contributed by atoms with Crippen molar-refractivity contribution in [3.05, 3.63) is 70.4 Å². The Balaban J connectivity index is 1.39. The fraction of sp³-hybridized carbons (Fsp3) is 0.333. The van der Waals surface area contributed by atoms with Gasteiger partial charge in [-0.2, -0.15) is 0 Å². The highest BCUT2D eigenvalue weighted by molar-refractivity contribution is 5.66. The van der Waals surface area contributed by atoms with Crippen LogP contribution in [0, 0.1) is 19.7 Å². The number of esters is 1. The molecule has 0 radical (unpaired) electrons. The molecule has 0 saturated heterocycles. The summed E-state index contributed by atoms with van der Waals surface area (Å²) >= 11 is 0. The SMILES string of the molecule is CC(=O)OC1CCc2cc(OCCc3nc(-c4ccc(C)c(F)c4)oc3C)ccc21. The van der Waals surface area contributed by atoms with Crippen molar-refractivity contribution >= 4 is 5.97 Å². The van der Waals surface area contributed by atoms with Crippen LogP contribution in [0.5, 0.6) is 5.75 Å². The molecule has 2 aromatic carbocycles. The molecule has 0 amide bonds. The normalized spacial score (nSPS) is 15.1. The van der Waals surface area contributed by atoms with Gasteiger partial charge in [-0.05, 0) is 67.6 Å². The summed E-state index contributed by atoms with van der Waals surface area (Å²) in [5.41, 5.74) is 4.21. The highest BCUT2D eigenvalue weighted by Gasteiger charge is 2.25. The second-order valence-electron chi connectivity index (χ2n) is 7.58. The van der Waals surface area contributed by atoms with Gasteiger partial charge in [0.2, 0.25) is 5.89 Å². The van der Waals surface area contributed by atoms with Gasteiger partial charge in [0.05, 0.1) is 12.3 Å². The first-order chi connectivity index (χ1) is 14.4. The molecule has 1 aromatic heterocycles. The summed E-state index contributed by atoms with van der Waals surface area (Å²) < 4.78 is 30.8. The molecule has 1 unspecified atom stereocenters. The molecule has 5 nitrogen and oxygen atoms in total. The lowest BCUT2D eigenvalue weighted by molar-refractivity contribution is -0.146. The predicted molar refractivity (Wildman–Crippen MR) is 110 cm³/mol. The number of hydrogen-bond acceptors (Lipinski definition) is 5. The van der Waals surface area contributed by atoms with Gasteiger partial charge in [0.1, 0.15) is 23.4 Å². The number of aryl methyl sites for hydroxylation is 3. The Labute approximate surface area is 174 Å². The van der Waals surface area contributed by atoms with E-state index < -0.39 is 0 Å². The quantitative estimate of drug-likeness (QED) is 0.519. The molecule has 0 bridgehead atoms. The summed E-state index contributed by atoms with van der Waals surface area (Å²) in [4.78, 5) is 15.7. The molecule has 4 rings (SSSR count). The van der Waals surface area contributed by atoms with Gasteiger partial charge in [0, 0.05) is 18.9 Å². The van der Waals surface area contributed by atoms with Crippen LogP contribution in [0.4, 0.5) is 4.39 Å². The number of benzene rings is 2. The van der Waals surface area contributed by atoms with Gasteiger partial charge in [-0.25, -0.2) is 9.37 Å². The fourth-order valence-electron chi connectivity index (χ4n) is 3.74. The van der Waals surface area contributed by atoms with Gasteiger partial charge in [0.25, 0.3) is 0 Å². The van der Waals surface area contributed by atoms with Gasteiger partial charge in [-0.3, -0.25) is 4.79 Å². The highest BCUT2D eigenvalue weighted by atomic mass is 19.1. The number of rotatable bonds is 6. The molecule has 156 valence electrons. The number of fused-ring (bicyclic) bond motifs is 1. The second kappa shape index (κ2) is 8.30. The molecule has 0 aliphatic heterocycles. The molecule has 30 heavy (non-hydrogen) atoms. The average molecular weight is 409 g/mol. The van der Waals surface area contributed by atoms with Crippen molar-refractivity contribution in [1.29, 1.82) is 0 Å². The zero-order valence-electron chi connectivity index (χ0n) is 17.3. The van der Waals surface area contributed by atoms with Crippen molar-refractivity contribution in [2.24, 2.45) is 0 Å². The molecule has 1 aliphatic carbocycles. The number of oxazole rings is 1. The fourth-order valence-corrected chi connectivity index (χ4v) is 3.74. The van der Waals surface area contributed by atoms with Crippen LogP contribution in [-0.4, -0.2) is 17.6 Å². The van der Waals surface area contributed by atoms with Crippen LogP contribution in [-0.2, 0) is 22.4 Å². The van der Waals surface area contributed by atoms with Gasteiger partial charge in [-0.1, -0.05) is 12.1 Å². The van der Waals surface area contributed by atoms with Gasteiger partial charge in [0.15, 0.2) is 0 Å². The van der Waals surface area contributed by atoms with E-state index in [-0.39, 0.29) is 17.9 Å². The predicted octanol–water partition coefficient (Wildman–Crippen LogP) is 5.27. The molecule has 1 aliphatic rings. The van der Waals surface area contributed by atoms with Crippen molar-refractivity contribution in [3.63, 3.8) is 0 Å². The maximum atomic E-state index is 13.8. The van der Waals surface area contributed by atoms with Crippen LogP contribution in [0.1, 0.15) is 47.6 Å². The highest BCUT2D eigenvalue weighted by Crippen LogP contribution is 2.36. The molecule has 0 saturated carbocycles. The van der Waals surface area contributed by atoms with Crippen molar-refractivity contribution < 1.29 is 23.1 Å². The smallest absolute Gasteiger partial charge is 0.303 e. The third kappa shape index (κ3) is 4.22. The summed E-state index contributed by atoms with van der Waals surface area (Å²) in [7, 11) is 0. The van der Waals surface area contributed by atoms with Crippen LogP contribution in [0.2, 0.25) is 0 Å². The Morgan fingerprint density at radius 1 is 1.23 bits per heavy atom. The summed E-state index contributed by atoms with van der Waals surface area (Å²) in [5.74, 6) is 1.35. The number of halogens is 1. The van der Waals surface area contributed by atoms with E-state index in [1.807, 2.05) is 25.1 Å². The first-order valence-corrected chi connectivity index (χ1v) is 10.1. The molecule has 0 spiro atoms. The number of nitrogens with zero attached hydrogens (tertiary/aromatic N) is 1. The second-order valence-corrected chi connectivity index (χ2v) is 7.58. The van der Waals surface area contributed by atoms with E-state index in [0.717, 1.165) is 35.4 Å². The maximum absolute atomic E-state index is 13.8. The molecule has 3 aromatic rings. The minimum absolute atomic E-state index is 0.158. The Hall–Kier alpha value is -3.15. The molecule has 1 heterocycles. The van der Waals surface area contributed by atoms with E-state index in [1.165, 1.54) is 13.0 Å². The van der Waals surface area contributed by atoms with Gasteiger partial charge < -0.3 is 13.9 Å². The first kappa shape index (κ1) is 20.1. The summed E-state index contributed by atoms with van der Waals surface area (Å²) in [6, 6.07) is 10.8. The zero-order valence-corrected chi connectivity index (χ0v) is 17.3. The number of ether oxygens (including phenoxy) is 2. The van der Waals surface area contributed by atoms with Gasteiger partial charge in [-0.15, -0.1) is 0 Å². The lowest BCUT2D eigenvalue weighted by Gasteiger charge is -2.12. The molecule has 0 N–H and O–H groups in total. The largest absolute Gasteiger partial charge is 0.493 e. The van der Waals surface area contributed by atoms with Crippen LogP contribution in [0.3, 0.4) is 0 Å². The first-order valence-electron chi connectivity index (χ1n) is 10.1. The molecule has 0 fully saturated rings. The van der Waals surface area contributed by atoms with Crippen molar-refractivity contribution in [2.45, 2.75) is 46.1 Å². The Kier molecular flexibility index (Phi) is 5.57. The zero-order chi connectivity index (χ0) is 21.3. The summed E-state index contributed by atoms with van der Waals surface area (Å²) in [6.07, 6.45) is 2.09. The van der Waals surface area contributed by atoms with E-state index in [4.69, 9.17) is 13.9 Å². The van der Waals surface area contributed by atoms with Crippen LogP contribution in [0.15, 0.2) is 40.8 Å². The lowest BCUT2D eigenvalue weighted by Crippen LogP contribution is -2.05. The third-order valence-corrected chi connectivity index (χ3v) is 5.36. The van der Waals surface area contributed by atoms with E-state index in [0.29, 0.717) is 35.8 Å². The van der Waals surface area contributed by atoms with E-state index in [1.54, 1.807) is 19.1 Å². The number of aromatic nitrogens is 1. The summed E-state index contributed by atoms with van der Waals surface area (Å²) in [6.45, 7) is 5.45. The van der Waals surface area contributed by atoms with E-state index in [9.17, 15) is 9.18 Å².